The molecular weight excluding hydrogens is 514 g/mol. The molecule has 41 heavy (non-hydrogen) atoms. The average Bonchev–Trinajstić information content (AvgIpc) is 3.35. The van der Waals surface area contributed by atoms with Gasteiger partial charge in [-0.3, -0.25) is 4.79 Å². The van der Waals surface area contributed by atoms with E-state index in [1.807, 2.05) is 38.1 Å². The van der Waals surface area contributed by atoms with Crippen LogP contribution >= 0.6 is 0 Å². The molecule has 0 radical (unpaired) electrons. The maximum absolute atomic E-state index is 13.8. The maximum atomic E-state index is 13.8. The Morgan fingerprint density at radius 2 is 1.63 bits per heavy atom. The van der Waals surface area contributed by atoms with Gasteiger partial charge in [-0.1, -0.05) is 40.0 Å². The van der Waals surface area contributed by atoms with Crippen molar-refractivity contribution in [3.8, 4) is 5.75 Å². The minimum absolute atomic E-state index is 0.114. The average molecular weight is 562 g/mol. The largest absolute Gasteiger partial charge is 0.494 e. The summed E-state index contributed by atoms with van der Waals surface area (Å²) >= 11 is 0. The number of esters is 1. The number of piperidine rings is 1. The highest BCUT2D eigenvalue weighted by molar-refractivity contribution is 6.17. The molecule has 0 spiro atoms. The number of carbonyl (C=O) groups excluding carboxylic acids is 2. The van der Waals surface area contributed by atoms with E-state index in [1.54, 1.807) is 18.2 Å². The summed E-state index contributed by atoms with van der Waals surface area (Å²) in [5.41, 5.74) is 2.10. The van der Waals surface area contributed by atoms with E-state index < -0.39 is 5.97 Å². The van der Waals surface area contributed by atoms with E-state index in [9.17, 15) is 9.59 Å². The second kappa shape index (κ2) is 14.7. The van der Waals surface area contributed by atoms with E-state index in [-0.39, 0.29) is 11.9 Å². The number of benzene rings is 2. The van der Waals surface area contributed by atoms with Gasteiger partial charge < -0.3 is 18.8 Å². The van der Waals surface area contributed by atoms with Crippen molar-refractivity contribution in [1.29, 1.82) is 0 Å². The monoisotopic (exact) mass is 561 g/mol. The Balaban J connectivity index is 1.43. The normalized spacial score (nSPS) is 17.7. The smallest absolute Gasteiger partial charge is 0.338 e. The van der Waals surface area contributed by atoms with Gasteiger partial charge in [0.2, 0.25) is 0 Å². The van der Waals surface area contributed by atoms with E-state index in [0.717, 1.165) is 43.4 Å². The molecule has 1 fully saturated rings. The molecule has 0 N–H and O–H groups in total. The van der Waals surface area contributed by atoms with Gasteiger partial charge in [0, 0.05) is 37.0 Å². The van der Waals surface area contributed by atoms with Gasteiger partial charge in [-0.15, -0.1) is 0 Å². The van der Waals surface area contributed by atoms with Gasteiger partial charge in [-0.25, -0.2) is 4.79 Å². The van der Waals surface area contributed by atoms with Crippen LogP contribution in [-0.2, 0) is 11.2 Å². The SMILES string of the molecule is CCCCc1oc2ccc(C(=O)OC(C)C)cc2c1C(=O)c1ccc(OCCCN2CC(CC)CC(CC)C2)cc1. The van der Waals surface area contributed by atoms with Crippen LogP contribution in [0.25, 0.3) is 11.0 Å². The van der Waals surface area contributed by atoms with Gasteiger partial charge in [-0.2, -0.15) is 0 Å². The molecule has 2 heterocycles. The summed E-state index contributed by atoms with van der Waals surface area (Å²) in [4.78, 5) is 29.0. The second-order valence-corrected chi connectivity index (χ2v) is 11.8. The molecule has 222 valence electrons. The predicted molar refractivity (Wildman–Crippen MR) is 164 cm³/mol. The molecule has 4 rings (SSSR count). The van der Waals surface area contributed by atoms with Crippen molar-refractivity contribution in [3.05, 3.63) is 64.9 Å². The van der Waals surface area contributed by atoms with Crippen LogP contribution in [0.5, 0.6) is 5.75 Å². The van der Waals surface area contributed by atoms with Gasteiger partial charge >= 0.3 is 5.97 Å². The van der Waals surface area contributed by atoms with E-state index in [1.165, 1.54) is 32.4 Å². The molecule has 1 saturated heterocycles. The van der Waals surface area contributed by atoms with E-state index >= 15 is 0 Å². The van der Waals surface area contributed by atoms with Gasteiger partial charge in [0.1, 0.15) is 17.1 Å². The van der Waals surface area contributed by atoms with Crippen LogP contribution in [-0.4, -0.2) is 49.0 Å². The molecule has 0 amide bonds. The topological polar surface area (TPSA) is 69.0 Å². The van der Waals surface area contributed by atoms with Crippen LogP contribution in [0.15, 0.2) is 46.9 Å². The number of furan rings is 1. The lowest BCUT2D eigenvalue weighted by atomic mass is 9.86. The number of hydrogen-bond acceptors (Lipinski definition) is 6. The molecular formula is C35H47NO5. The Morgan fingerprint density at radius 3 is 2.27 bits per heavy atom. The first-order valence-electron chi connectivity index (χ1n) is 15.6. The second-order valence-electron chi connectivity index (χ2n) is 11.8. The summed E-state index contributed by atoms with van der Waals surface area (Å²) in [7, 11) is 0. The molecule has 2 unspecified atom stereocenters. The first-order valence-corrected chi connectivity index (χ1v) is 15.6. The zero-order valence-electron chi connectivity index (χ0n) is 25.5. The van der Waals surface area contributed by atoms with E-state index in [0.29, 0.717) is 46.4 Å². The molecule has 0 bridgehead atoms. The molecule has 6 nitrogen and oxygen atoms in total. The third-order valence-corrected chi connectivity index (χ3v) is 8.18. The van der Waals surface area contributed by atoms with E-state index in [4.69, 9.17) is 13.9 Å². The summed E-state index contributed by atoms with van der Waals surface area (Å²) in [5, 5.41) is 0.646. The van der Waals surface area contributed by atoms with Crippen LogP contribution in [0.3, 0.4) is 0 Å². The summed E-state index contributed by atoms with van der Waals surface area (Å²) in [5.74, 6) is 2.53. The molecule has 0 aliphatic carbocycles. The summed E-state index contributed by atoms with van der Waals surface area (Å²) in [6.45, 7) is 14.5. The van der Waals surface area contributed by atoms with Gasteiger partial charge in [0.25, 0.3) is 0 Å². The van der Waals surface area contributed by atoms with E-state index in [2.05, 4.69) is 25.7 Å². The third-order valence-electron chi connectivity index (χ3n) is 8.18. The molecule has 1 aliphatic heterocycles. The minimum atomic E-state index is -0.409. The van der Waals surface area contributed by atoms with Crippen LogP contribution in [0.4, 0.5) is 0 Å². The molecule has 1 aliphatic rings. The molecule has 3 aromatic rings. The van der Waals surface area contributed by atoms with Crippen LogP contribution in [0, 0.1) is 11.8 Å². The zero-order chi connectivity index (χ0) is 29.4. The summed E-state index contributed by atoms with van der Waals surface area (Å²) < 4.78 is 17.5. The zero-order valence-corrected chi connectivity index (χ0v) is 25.5. The lowest BCUT2D eigenvalue weighted by molar-refractivity contribution is 0.0378. The fraction of sp³-hybridized carbons (Fsp3) is 0.543. The molecule has 6 heteroatoms. The van der Waals surface area contributed by atoms with Crippen molar-refractivity contribution in [2.24, 2.45) is 11.8 Å². The highest BCUT2D eigenvalue weighted by Crippen LogP contribution is 2.31. The molecule has 2 atom stereocenters. The standard InChI is InChI=1S/C35H47NO5/c1-6-9-11-32-33(30-21-28(14-17-31(30)41-32)35(38)40-24(4)5)34(37)27-12-15-29(16-13-27)39-19-10-18-36-22-25(7-2)20-26(8-3)23-36/h12-17,21,24-26H,6-11,18-20,22-23H2,1-5H3. The Morgan fingerprint density at radius 1 is 0.951 bits per heavy atom. The molecule has 2 aromatic carbocycles. The Kier molecular flexibility index (Phi) is 11.0. The van der Waals surface area contributed by atoms with Crippen molar-refractivity contribution in [1.82, 2.24) is 4.90 Å². The fourth-order valence-corrected chi connectivity index (χ4v) is 5.84. The third kappa shape index (κ3) is 8.00. The number of nitrogens with zero attached hydrogens (tertiary/aromatic N) is 1. The number of aryl methyl sites for hydroxylation is 1. The molecule has 0 saturated carbocycles. The van der Waals surface area contributed by atoms with Crippen LogP contribution in [0.1, 0.15) is 105 Å². The highest BCUT2D eigenvalue weighted by Gasteiger charge is 2.25. The highest BCUT2D eigenvalue weighted by atomic mass is 16.5. The van der Waals surface area contributed by atoms with Crippen molar-refractivity contribution in [2.45, 2.75) is 85.7 Å². The van der Waals surface area contributed by atoms with Crippen molar-refractivity contribution in [2.75, 3.05) is 26.2 Å². The number of carbonyl (C=O) groups is 2. The number of rotatable bonds is 14. The Bertz CT molecular complexity index is 1280. The number of unbranched alkanes of at least 4 members (excludes halogenated alkanes) is 1. The number of ketones is 1. The number of likely N-dealkylation sites (tertiary alicyclic amines) is 1. The van der Waals surface area contributed by atoms with Crippen molar-refractivity contribution >= 4 is 22.7 Å². The van der Waals surface area contributed by atoms with Crippen LogP contribution < -0.4 is 4.74 Å². The minimum Gasteiger partial charge on any atom is -0.494 e. The first-order chi connectivity index (χ1) is 19.8. The van der Waals surface area contributed by atoms with Crippen LogP contribution in [0.2, 0.25) is 0 Å². The lowest BCUT2D eigenvalue weighted by Crippen LogP contribution is -2.41. The fourth-order valence-electron chi connectivity index (χ4n) is 5.84. The Labute approximate surface area is 245 Å². The summed E-state index contributed by atoms with van der Waals surface area (Å²) in [6.07, 6.45) is 7.20. The number of hydrogen-bond donors (Lipinski definition) is 0. The Hall–Kier alpha value is -3.12. The molecule has 1 aromatic heterocycles. The van der Waals surface area contributed by atoms with Gasteiger partial charge in [-0.05, 0) is 87.4 Å². The van der Waals surface area contributed by atoms with Crippen molar-refractivity contribution < 1.29 is 23.5 Å². The first kappa shape index (κ1) is 30.8. The van der Waals surface area contributed by atoms with Gasteiger partial charge in [0.05, 0.1) is 23.8 Å². The number of fused-ring (bicyclic) bond motifs is 1. The lowest BCUT2D eigenvalue weighted by Gasteiger charge is -2.37. The maximum Gasteiger partial charge on any atom is 0.338 e. The predicted octanol–water partition coefficient (Wildman–Crippen LogP) is 8.10. The number of ether oxygens (including phenoxy) is 2. The summed E-state index contributed by atoms with van der Waals surface area (Å²) in [6, 6.07) is 12.5. The quantitative estimate of drug-likeness (QED) is 0.113. The van der Waals surface area contributed by atoms with Gasteiger partial charge in [0.15, 0.2) is 5.78 Å². The van der Waals surface area contributed by atoms with Crippen molar-refractivity contribution in [3.63, 3.8) is 0 Å².